The van der Waals surface area contributed by atoms with Crippen LogP contribution >= 0.6 is 0 Å². The number of halogens is 1. The van der Waals surface area contributed by atoms with Gasteiger partial charge in [-0.15, -0.1) is 0 Å². The molecule has 24 heavy (non-hydrogen) atoms. The third-order valence-electron chi connectivity index (χ3n) is 3.73. The topological polar surface area (TPSA) is 67.4 Å². The lowest BCUT2D eigenvalue weighted by Crippen LogP contribution is -2.25. The van der Waals surface area contributed by atoms with Crippen LogP contribution in [0.1, 0.15) is 33.6 Å². The van der Waals surface area contributed by atoms with Crippen molar-refractivity contribution in [1.82, 2.24) is 5.32 Å². The number of nitrogens with one attached hydrogen (secondary N) is 2. The third-order valence-corrected chi connectivity index (χ3v) is 3.73. The maximum Gasteiger partial charge on any atom is 0.255 e. The normalized spacial score (nSPS) is 13.2. The number of anilines is 1. The first-order valence-electron chi connectivity index (χ1n) is 7.62. The van der Waals surface area contributed by atoms with Crippen LogP contribution < -0.4 is 15.4 Å². The number of amides is 2. The Hall–Kier alpha value is -2.89. The standard InChI is InChI=1S/C18H17FN2O3/c1-24-16-9-4-12(10-15(16)19)18(23)21-13-5-2-11(3-6-13)17(22)20-14-7-8-14/h2-6,9-10,14H,7-8H2,1H3,(H,20,22)(H,21,23). The molecular weight excluding hydrogens is 311 g/mol. The van der Waals surface area contributed by atoms with Crippen LogP contribution in [0.3, 0.4) is 0 Å². The van der Waals surface area contributed by atoms with Crippen molar-refractivity contribution in [2.75, 3.05) is 12.4 Å². The average Bonchev–Trinajstić information content (AvgIpc) is 3.39. The van der Waals surface area contributed by atoms with Crippen molar-refractivity contribution in [1.29, 1.82) is 0 Å². The van der Waals surface area contributed by atoms with Crippen LogP contribution in [-0.2, 0) is 0 Å². The van der Waals surface area contributed by atoms with E-state index in [9.17, 15) is 14.0 Å². The minimum atomic E-state index is -0.600. The molecule has 0 bridgehead atoms. The maximum absolute atomic E-state index is 13.7. The molecule has 1 saturated carbocycles. The van der Waals surface area contributed by atoms with Gasteiger partial charge in [0.05, 0.1) is 7.11 Å². The van der Waals surface area contributed by atoms with Crippen LogP contribution in [0.25, 0.3) is 0 Å². The molecule has 0 saturated heterocycles. The number of carbonyl (C=O) groups is 2. The van der Waals surface area contributed by atoms with Crippen molar-refractivity contribution < 1.29 is 18.7 Å². The van der Waals surface area contributed by atoms with Gasteiger partial charge in [0.2, 0.25) is 0 Å². The molecule has 3 rings (SSSR count). The minimum absolute atomic E-state index is 0.0811. The lowest BCUT2D eigenvalue weighted by Gasteiger charge is -2.08. The van der Waals surface area contributed by atoms with Gasteiger partial charge in [0.1, 0.15) is 0 Å². The second-order valence-corrected chi connectivity index (χ2v) is 5.63. The highest BCUT2D eigenvalue weighted by atomic mass is 19.1. The Bertz CT molecular complexity index is 770. The first kappa shape index (κ1) is 16.0. The van der Waals surface area contributed by atoms with E-state index in [2.05, 4.69) is 10.6 Å². The van der Waals surface area contributed by atoms with Crippen LogP contribution in [0.15, 0.2) is 42.5 Å². The summed E-state index contributed by atoms with van der Waals surface area (Å²) >= 11 is 0. The van der Waals surface area contributed by atoms with Crippen molar-refractivity contribution in [3.05, 3.63) is 59.4 Å². The predicted octanol–water partition coefficient (Wildman–Crippen LogP) is 2.98. The monoisotopic (exact) mass is 328 g/mol. The summed E-state index contributed by atoms with van der Waals surface area (Å²) in [5.41, 5.74) is 1.25. The van der Waals surface area contributed by atoms with Crippen LogP contribution in [0, 0.1) is 5.82 Å². The molecule has 2 N–H and O–H groups in total. The van der Waals surface area contributed by atoms with E-state index in [-0.39, 0.29) is 17.2 Å². The molecule has 0 atom stereocenters. The maximum atomic E-state index is 13.7. The molecular formula is C18H17FN2O3. The molecule has 0 spiro atoms. The molecule has 2 amide bonds. The first-order valence-corrected chi connectivity index (χ1v) is 7.62. The largest absolute Gasteiger partial charge is 0.494 e. The Balaban J connectivity index is 1.65. The Morgan fingerprint density at radius 3 is 2.29 bits per heavy atom. The van der Waals surface area contributed by atoms with Crippen LogP contribution in [0.4, 0.5) is 10.1 Å². The molecule has 0 aromatic heterocycles. The number of ether oxygens (including phenoxy) is 1. The van der Waals surface area contributed by atoms with E-state index in [1.54, 1.807) is 24.3 Å². The minimum Gasteiger partial charge on any atom is -0.494 e. The predicted molar refractivity (Wildman–Crippen MR) is 87.8 cm³/mol. The molecule has 0 heterocycles. The van der Waals surface area contributed by atoms with Crippen molar-refractivity contribution in [3.63, 3.8) is 0 Å². The van der Waals surface area contributed by atoms with E-state index in [4.69, 9.17) is 4.74 Å². The van der Waals surface area contributed by atoms with Gasteiger partial charge in [-0.3, -0.25) is 9.59 Å². The van der Waals surface area contributed by atoms with Gasteiger partial charge in [0, 0.05) is 22.9 Å². The summed E-state index contributed by atoms with van der Waals surface area (Å²) < 4.78 is 18.5. The quantitative estimate of drug-likeness (QED) is 0.887. The highest BCUT2D eigenvalue weighted by Gasteiger charge is 2.23. The van der Waals surface area contributed by atoms with E-state index in [0.29, 0.717) is 17.3 Å². The Kier molecular flexibility index (Phi) is 4.46. The summed E-state index contributed by atoms with van der Waals surface area (Å²) in [6, 6.07) is 10.8. The van der Waals surface area contributed by atoms with E-state index in [1.807, 2.05) is 0 Å². The zero-order valence-corrected chi connectivity index (χ0v) is 13.1. The van der Waals surface area contributed by atoms with E-state index in [0.717, 1.165) is 18.9 Å². The van der Waals surface area contributed by atoms with Crippen LogP contribution in [0.5, 0.6) is 5.75 Å². The molecule has 1 aliphatic carbocycles. The van der Waals surface area contributed by atoms with Crippen molar-refractivity contribution in [3.8, 4) is 5.75 Å². The van der Waals surface area contributed by atoms with Gasteiger partial charge >= 0.3 is 0 Å². The van der Waals surface area contributed by atoms with Gasteiger partial charge < -0.3 is 15.4 Å². The van der Waals surface area contributed by atoms with Crippen LogP contribution in [-0.4, -0.2) is 25.0 Å². The molecule has 0 unspecified atom stereocenters. The summed E-state index contributed by atoms with van der Waals surface area (Å²) in [5.74, 6) is -1.07. The molecule has 0 aliphatic heterocycles. The molecule has 2 aromatic carbocycles. The second-order valence-electron chi connectivity index (χ2n) is 5.63. The van der Waals surface area contributed by atoms with Crippen molar-refractivity contribution in [2.24, 2.45) is 0 Å². The van der Waals surface area contributed by atoms with Gasteiger partial charge in [-0.25, -0.2) is 4.39 Å². The number of carbonyl (C=O) groups excluding carboxylic acids is 2. The average molecular weight is 328 g/mol. The molecule has 5 nitrogen and oxygen atoms in total. The zero-order chi connectivity index (χ0) is 17.1. The highest BCUT2D eigenvalue weighted by Crippen LogP contribution is 2.20. The third kappa shape index (κ3) is 3.71. The Morgan fingerprint density at radius 2 is 1.71 bits per heavy atom. The van der Waals surface area contributed by atoms with Gasteiger partial charge in [-0.2, -0.15) is 0 Å². The van der Waals surface area contributed by atoms with Crippen molar-refractivity contribution >= 4 is 17.5 Å². The van der Waals surface area contributed by atoms with Gasteiger partial charge in [-0.1, -0.05) is 0 Å². The van der Waals surface area contributed by atoms with Gasteiger partial charge in [0.15, 0.2) is 11.6 Å². The Morgan fingerprint density at radius 1 is 1.04 bits per heavy atom. The molecule has 6 heteroatoms. The fraction of sp³-hybridized carbons (Fsp3) is 0.222. The van der Waals surface area contributed by atoms with E-state index < -0.39 is 11.7 Å². The number of benzene rings is 2. The lowest BCUT2D eigenvalue weighted by atomic mass is 10.1. The fourth-order valence-electron chi connectivity index (χ4n) is 2.21. The number of rotatable bonds is 5. The number of hydrogen-bond acceptors (Lipinski definition) is 3. The van der Waals surface area contributed by atoms with Crippen LogP contribution in [0.2, 0.25) is 0 Å². The number of hydrogen-bond donors (Lipinski definition) is 2. The zero-order valence-electron chi connectivity index (χ0n) is 13.1. The highest BCUT2D eigenvalue weighted by molar-refractivity contribution is 6.04. The van der Waals surface area contributed by atoms with E-state index in [1.165, 1.54) is 19.2 Å². The lowest BCUT2D eigenvalue weighted by molar-refractivity contribution is 0.0950. The van der Waals surface area contributed by atoms with Gasteiger partial charge in [-0.05, 0) is 55.3 Å². The number of methoxy groups -OCH3 is 1. The summed E-state index contributed by atoms with van der Waals surface area (Å²) in [6.45, 7) is 0. The molecule has 0 radical (unpaired) electrons. The van der Waals surface area contributed by atoms with Gasteiger partial charge in [0.25, 0.3) is 11.8 Å². The fourth-order valence-corrected chi connectivity index (χ4v) is 2.21. The summed E-state index contributed by atoms with van der Waals surface area (Å²) in [7, 11) is 1.36. The summed E-state index contributed by atoms with van der Waals surface area (Å²) in [5, 5.41) is 5.56. The molecule has 1 fully saturated rings. The SMILES string of the molecule is COc1ccc(C(=O)Nc2ccc(C(=O)NC3CC3)cc2)cc1F. The van der Waals surface area contributed by atoms with E-state index >= 15 is 0 Å². The smallest absolute Gasteiger partial charge is 0.255 e. The molecule has 124 valence electrons. The van der Waals surface area contributed by atoms with Crippen molar-refractivity contribution in [2.45, 2.75) is 18.9 Å². The summed E-state index contributed by atoms with van der Waals surface area (Å²) in [4.78, 5) is 24.0. The molecule has 1 aliphatic rings. The summed E-state index contributed by atoms with van der Waals surface area (Å²) in [6.07, 6.45) is 2.05. The molecule has 2 aromatic rings. The Labute approximate surface area is 138 Å². The first-order chi connectivity index (χ1) is 11.6. The second kappa shape index (κ2) is 6.70.